The summed E-state index contributed by atoms with van der Waals surface area (Å²) in [5.41, 5.74) is 6.12. The molecule has 0 aliphatic heterocycles. The predicted octanol–water partition coefficient (Wildman–Crippen LogP) is 3.35. The molecule has 9 nitrogen and oxygen atoms in total. The van der Waals surface area contributed by atoms with Crippen molar-refractivity contribution >= 4 is 17.9 Å². The number of methoxy groups -OCH3 is 2. The zero-order chi connectivity index (χ0) is 24.0. The van der Waals surface area contributed by atoms with E-state index in [-0.39, 0.29) is 6.01 Å². The van der Waals surface area contributed by atoms with E-state index in [2.05, 4.69) is 36.4 Å². The minimum Gasteiger partial charge on any atom is -0.463 e. The zero-order valence-electron chi connectivity index (χ0n) is 20.0. The van der Waals surface area contributed by atoms with Crippen molar-refractivity contribution < 1.29 is 14.2 Å². The number of benzene rings is 1. The maximum Gasteiger partial charge on any atom is 0.320 e. The number of hydrogen-bond donors (Lipinski definition) is 1. The van der Waals surface area contributed by atoms with Gasteiger partial charge in [0, 0.05) is 51.7 Å². The topological polar surface area (TPSA) is 94.0 Å². The molecule has 180 valence electrons. The van der Waals surface area contributed by atoms with Crippen molar-refractivity contribution in [2.45, 2.75) is 13.3 Å². The van der Waals surface area contributed by atoms with Crippen LogP contribution in [0.15, 0.2) is 59.8 Å². The van der Waals surface area contributed by atoms with Crippen LogP contribution in [-0.2, 0) is 15.9 Å². The predicted molar refractivity (Wildman–Crippen MR) is 134 cm³/mol. The molecule has 0 aliphatic carbocycles. The van der Waals surface area contributed by atoms with E-state index < -0.39 is 0 Å². The lowest BCUT2D eigenvalue weighted by Crippen LogP contribution is -2.31. The molecule has 1 N–H and O–H groups in total. The number of pyridine rings is 1. The van der Waals surface area contributed by atoms with Crippen LogP contribution >= 0.6 is 0 Å². The molecular formula is C25H32N6O3. The number of rotatable bonds is 14. The number of anilines is 2. The Morgan fingerprint density at radius 3 is 2.50 bits per heavy atom. The Kier molecular flexibility index (Phi) is 10.2. The van der Waals surface area contributed by atoms with Crippen LogP contribution in [0.4, 0.5) is 11.6 Å². The molecule has 2 heterocycles. The van der Waals surface area contributed by atoms with Crippen molar-refractivity contribution in [1.29, 1.82) is 0 Å². The fourth-order valence-corrected chi connectivity index (χ4v) is 3.16. The lowest BCUT2D eigenvalue weighted by Gasteiger charge is -2.23. The number of hydrazone groups is 1. The average molecular weight is 465 g/mol. The lowest BCUT2D eigenvalue weighted by atomic mass is 10.2. The third kappa shape index (κ3) is 8.42. The first-order valence-electron chi connectivity index (χ1n) is 11.2. The molecule has 34 heavy (non-hydrogen) atoms. The summed E-state index contributed by atoms with van der Waals surface area (Å²) < 4.78 is 16.4. The summed E-state index contributed by atoms with van der Waals surface area (Å²) >= 11 is 0. The molecule has 0 spiro atoms. The first-order valence-corrected chi connectivity index (χ1v) is 11.2. The number of ether oxygens (including phenoxy) is 3. The average Bonchev–Trinajstić information content (AvgIpc) is 2.85. The van der Waals surface area contributed by atoms with Gasteiger partial charge in [-0.2, -0.15) is 15.1 Å². The summed E-state index contributed by atoms with van der Waals surface area (Å²) in [7, 11) is 3.35. The lowest BCUT2D eigenvalue weighted by molar-refractivity contribution is 0.190. The van der Waals surface area contributed by atoms with E-state index in [1.165, 1.54) is 5.56 Å². The van der Waals surface area contributed by atoms with Gasteiger partial charge < -0.3 is 19.1 Å². The highest BCUT2D eigenvalue weighted by Gasteiger charge is 2.13. The van der Waals surface area contributed by atoms with Gasteiger partial charge in [-0.3, -0.25) is 10.4 Å². The largest absolute Gasteiger partial charge is 0.463 e. The molecule has 0 unspecified atom stereocenters. The number of nitrogens with zero attached hydrogens (tertiary/aromatic N) is 5. The van der Waals surface area contributed by atoms with E-state index in [9.17, 15) is 0 Å². The van der Waals surface area contributed by atoms with Gasteiger partial charge in [0.1, 0.15) is 5.82 Å². The zero-order valence-corrected chi connectivity index (χ0v) is 20.0. The highest BCUT2D eigenvalue weighted by Crippen LogP contribution is 2.20. The van der Waals surface area contributed by atoms with Crippen molar-refractivity contribution in [3.8, 4) is 6.01 Å². The van der Waals surface area contributed by atoms with E-state index >= 15 is 0 Å². The highest BCUT2D eigenvalue weighted by atomic mass is 16.5. The van der Waals surface area contributed by atoms with Crippen LogP contribution in [0.25, 0.3) is 0 Å². The van der Waals surface area contributed by atoms with Crippen LogP contribution in [0, 0.1) is 6.92 Å². The maximum absolute atomic E-state index is 5.89. The van der Waals surface area contributed by atoms with E-state index in [0.29, 0.717) is 51.0 Å². The molecule has 2 aromatic heterocycles. The third-order valence-electron chi connectivity index (χ3n) is 4.90. The summed E-state index contributed by atoms with van der Waals surface area (Å²) in [5.74, 6) is 1.23. The van der Waals surface area contributed by atoms with Crippen molar-refractivity contribution in [3.05, 3.63) is 71.5 Å². The van der Waals surface area contributed by atoms with Crippen LogP contribution in [0.3, 0.4) is 0 Å². The van der Waals surface area contributed by atoms with Crippen molar-refractivity contribution in [2.24, 2.45) is 5.10 Å². The van der Waals surface area contributed by atoms with E-state index in [4.69, 9.17) is 14.2 Å². The van der Waals surface area contributed by atoms with Crippen LogP contribution in [0.5, 0.6) is 6.01 Å². The Morgan fingerprint density at radius 2 is 1.79 bits per heavy atom. The second-order valence-corrected chi connectivity index (χ2v) is 7.57. The number of aromatic nitrogens is 3. The second-order valence-electron chi connectivity index (χ2n) is 7.57. The van der Waals surface area contributed by atoms with Gasteiger partial charge in [0.2, 0.25) is 0 Å². The van der Waals surface area contributed by atoms with Crippen LogP contribution in [-0.4, -0.2) is 68.3 Å². The molecule has 0 saturated carbocycles. The Morgan fingerprint density at radius 1 is 0.971 bits per heavy atom. The Balaban J connectivity index is 1.77. The molecule has 0 radical (unpaired) electrons. The molecular weight excluding hydrogens is 432 g/mol. The van der Waals surface area contributed by atoms with E-state index in [0.717, 1.165) is 11.3 Å². The quantitative estimate of drug-likeness (QED) is 0.287. The number of hydrogen-bond acceptors (Lipinski definition) is 9. The molecule has 0 atom stereocenters. The molecule has 9 heteroatoms. The molecule has 0 amide bonds. The van der Waals surface area contributed by atoms with E-state index in [1.54, 1.807) is 26.6 Å². The summed E-state index contributed by atoms with van der Waals surface area (Å²) in [6.45, 7) is 4.86. The standard InChI is InChI=1S/C25H32N6O3/c1-20-7-6-8-21(17-20)19-27-30-23-18-24(31(12-15-32-2)13-16-33-3)29-25(28-23)34-14-10-22-9-4-5-11-26-22/h4-9,11,17-19H,10,12-16H2,1-3H3,(H,28,29,30). The van der Waals surface area contributed by atoms with Crippen molar-refractivity contribution in [3.63, 3.8) is 0 Å². The van der Waals surface area contributed by atoms with Gasteiger partial charge in [-0.25, -0.2) is 0 Å². The van der Waals surface area contributed by atoms with Gasteiger partial charge in [0.05, 0.1) is 26.0 Å². The second kappa shape index (κ2) is 13.9. The normalized spacial score (nSPS) is 11.0. The molecule has 1 aromatic carbocycles. The maximum atomic E-state index is 5.89. The van der Waals surface area contributed by atoms with Gasteiger partial charge in [-0.05, 0) is 24.6 Å². The monoisotopic (exact) mass is 464 g/mol. The number of nitrogens with one attached hydrogen (secondary N) is 1. The van der Waals surface area contributed by atoms with Crippen LogP contribution in [0.1, 0.15) is 16.8 Å². The molecule has 0 bridgehead atoms. The molecule has 0 aliphatic rings. The van der Waals surface area contributed by atoms with Gasteiger partial charge in [0.25, 0.3) is 0 Å². The van der Waals surface area contributed by atoms with Gasteiger partial charge in [-0.1, -0.05) is 35.9 Å². The SMILES string of the molecule is COCCN(CCOC)c1cc(NN=Cc2cccc(C)c2)nc(OCCc2ccccn2)n1. The van der Waals surface area contributed by atoms with Gasteiger partial charge >= 0.3 is 6.01 Å². The highest BCUT2D eigenvalue weighted by molar-refractivity contribution is 5.80. The molecule has 3 rings (SSSR count). The number of aryl methyl sites for hydroxylation is 1. The Hall–Kier alpha value is -3.56. The van der Waals surface area contributed by atoms with E-state index in [1.807, 2.05) is 49.4 Å². The van der Waals surface area contributed by atoms with Crippen LogP contribution < -0.4 is 15.1 Å². The Bertz CT molecular complexity index is 1020. The summed E-state index contributed by atoms with van der Waals surface area (Å²) in [6.07, 6.45) is 4.17. The third-order valence-corrected chi connectivity index (χ3v) is 4.90. The minimum absolute atomic E-state index is 0.265. The smallest absolute Gasteiger partial charge is 0.320 e. The minimum atomic E-state index is 0.265. The molecule has 0 saturated heterocycles. The molecule has 0 fully saturated rings. The fraction of sp³-hybridized carbons (Fsp3) is 0.360. The van der Waals surface area contributed by atoms with Crippen molar-refractivity contribution in [1.82, 2.24) is 15.0 Å². The summed E-state index contributed by atoms with van der Waals surface area (Å²) in [4.78, 5) is 15.5. The molecule has 3 aromatic rings. The Labute approximate surface area is 200 Å². The van der Waals surface area contributed by atoms with Gasteiger partial charge in [0.15, 0.2) is 5.82 Å². The van der Waals surface area contributed by atoms with Crippen molar-refractivity contribution in [2.75, 3.05) is 57.5 Å². The fourth-order valence-electron chi connectivity index (χ4n) is 3.16. The summed E-state index contributed by atoms with van der Waals surface area (Å²) in [5, 5.41) is 4.35. The first-order chi connectivity index (χ1) is 16.7. The first kappa shape index (κ1) is 25.1. The summed E-state index contributed by atoms with van der Waals surface area (Å²) in [6, 6.07) is 16.0. The van der Waals surface area contributed by atoms with Gasteiger partial charge in [-0.15, -0.1) is 0 Å². The van der Waals surface area contributed by atoms with Crippen LogP contribution in [0.2, 0.25) is 0 Å².